The zero-order chi connectivity index (χ0) is 26.8. The molecule has 3 aromatic rings. The second kappa shape index (κ2) is 10.5. The second-order valence-corrected chi connectivity index (χ2v) is 7.88. The number of carbonyl (C=O) groups excluding carboxylic acids is 2. The lowest BCUT2D eigenvalue weighted by atomic mass is 10.1. The number of methoxy groups -OCH3 is 2. The Kier molecular flexibility index (Phi) is 7.84. The number of esters is 1. The van der Waals surface area contributed by atoms with E-state index in [1.807, 2.05) is 0 Å². The van der Waals surface area contributed by atoms with Gasteiger partial charge in [0.05, 0.1) is 26.3 Å². The third kappa shape index (κ3) is 5.26. The van der Waals surface area contributed by atoms with Crippen molar-refractivity contribution in [1.82, 2.24) is 15.3 Å². The molecule has 0 saturated carbocycles. The maximum absolute atomic E-state index is 13.2. The Labute approximate surface area is 203 Å². The molecular weight excluding hydrogens is 485 g/mol. The lowest BCUT2D eigenvalue weighted by Gasteiger charge is -2.20. The Morgan fingerprint density at radius 2 is 1.89 bits per heavy atom. The quantitative estimate of drug-likeness (QED) is 0.389. The Morgan fingerprint density at radius 1 is 1.19 bits per heavy atom. The summed E-state index contributed by atoms with van der Waals surface area (Å²) in [5.74, 6) is -1.70. The van der Waals surface area contributed by atoms with Crippen molar-refractivity contribution in [1.29, 1.82) is 0 Å². The summed E-state index contributed by atoms with van der Waals surface area (Å²) >= 11 is 0. The number of halogens is 3. The Morgan fingerprint density at radius 3 is 2.44 bits per heavy atom. The number of hydrogen-bond donors (Lipinski definition) is 3. The number of aliphatic hydroxyl groups excluding tert-OH is 1. The highest BCUT2D eigenvalue weighted by Crippen LogP contribution is 2.37. The van der Waals surface area contributed by atoms with Crippen LogP contribution in [0.3, 0.4) is 0 Å². The Balaban J connectivity index is 2.09. The highest BCUT2D eigenvalue weighted by Gasteiger charge is 2.34. The first-order valence-corrected chi connectivity index (χ1v) is 10.8. The van der Waals surface area contributed by atoms with Crippen molar-refractivity contribution >= 4 is 22.8 Å². The number of nitrogens with one attached hydrogen (secondary N) is 1. The molecule has 1 amide bonds. The molecule has 2 heterocycles. The number of rotatable bonds is 8. The van der Waals surface area contributed by atoms with Gasteiger partial charge in [-0.05, 0) is 37.6 Å². The van der Waals surface area contributed by atoms with Crippen molar-refractivity contribution in [2.24, 2.45) is 5.73 Å². The van der Waals surface area contributed by atoms with E-state index >= 15 is 0 Å². The first kappa shape index (κ1) is 26.9. The molecule has 36 heavy (non-hydrogen) atoms. The number of benzene rings is 1. The van der Waals surface area contributed by atoms with Crippen molar-refractivity contribution in [3.63, 3.8) is 0 Å². The van der Waals surface area contributed by atoms with Crippen LogP contribution in [-0.2, 0) is 15.7 Å². The van der Waals surface area contributed by atoms with Crippen LogP contribution in [0.15, 0.2) is 28.7 Å². The van der Waals surface area contributed by atoms with E-state index < -0.39 is 41.9 Å². The van der Waals surface area contributed by atoms with Gasteiger partial charge >= 0.3 is 12.1 Å². The van der Waals surface area contributed by atoms with E-state index in [1.165, 1.54) is 25.3 Å². The minimum Gasteiger partial charge on any atom is -0.494 e. The average molecular weight is 510 g/mol. The molecule has 0 bridgehead atoms. The number of fused-ring (bicyclic) bond motifs is 1. The maximum Gasteiger partial charge on any atom is 0.433 e. The molecule has 0 radical (unpaired) electrons. The molecule has 0 saturated heterocycles. The van der Waals surface area contributed by atoms with Crippen LogP contribution in [0, 0.1) is 0 Å². The monoisotopic (exact) mass is 510 g/mol. The molecule has 0 aliphatic heterocycles. The van der Waals surface area contributed by atoms with Crippen LogP contribution >= 0.6 is 0 Å². The van der Waals surface area contributed by atoms with E-state index in [4.69, 9.17) is 14.9 Å². The van der Waals surface area contributed by atoms with Crippen molar-refractivity contribution < 1.29 is 41.8 Å². The molecule has 2 aromatic heterocycles. The van der Waals surface area contributed by atoms with E-state index in [1.54, 1.807) is 13.8 Å². The van der Waals surface area contributed by atoms with Gasteiger partial charge in [0, 0.05) is 10.9 Å². The number of pyridine rings is 1. The van der Waals surface area contributed by atoms with Gasteiger partial charge in [-0.3, -0.25) is 4.79 Å². The molecule has 0 spiro atoms. The number of ether oxygens (including phenoxy) is 2. The first-order chi connectivity index (χ1) is 16.9. The number of alkyl halides is 3. The molecule has 0 fully saturated rings. The number of aromatic nitrogens is 2. The van der Waals surface area contributed by atoms with Crippen molar-refractivity contribution in [2.45, 2.75) is 44.6 Å². The normalized spacial score (nSPS) is 14.2. The van der Waals surface area contributed by atoms with E-state index in [9.17, 15) is 27.9 Å². The smallest absolute Gasteiger partial charge is 0.433 e. The van der Waals surface area contributed by atoms with Crippen LogP contribution in [0.2, 0.25) is 0 Å². The number of nitrogens with zero attached hydrogens (tertiary/aromatic N) is 2. The summed E-state index contributed by atoms with van der Waals surface area (Å²) in [6.07, 6.45) is -6.10. The van der Waals surface area contributed by atoms with E-state index in [0.717, 1.165) is 13.2 Å². The van der Waals surface area contributed by atoms with Crippen LogP contribution in [-0.4, -0.2) is 53.3 Å². The van der Waals surface area contributed by atoms with Gasteiger partial charge in [0.1, 0.15) is 17.0 Å². The molecule has 194 valence electrons. The topological polar surface area (TPSA) is 150 Å². The third-order valence-corrected chi connectivity index (χ3v) is 5.42. The summed E-state index contributed by atoms with van der Waals surface area (Å²) in [6, 6.07) is 3.15. The summed E-state index contributed by atoms with van der Waals surface area (Å²) in [5.41, 5.74) is 4.82. The Hall–Kier alpha value is -3.71. The van der Waals surface area contributed by atoms with Crippen LogP contribution < -0.4 is 15.8 Å². The summed E-state index contributed by atoms with van der Waals surface area (Å²) in [4.78, 5) is 32.6. The molecule has 3 atom stereocenters. The van der Waals surface area contributed by atoms with Gasteiger partial charge in [0.15, 0.2) is 17.6 Å². The third-order valence-electron chi connectivity index (χ3n) is 5.42. The fourth-order valence-electron chi connectivity index (χ4n) is 3.55. The van der Waals surface area contributed by atoms with Gasteiger partial charge in [-0.2, -0.15) is 13.2 Å². The first-order valence-electron chi connectivity index (χ1n) is 10.8. The molecule has 10 nitrogen and oxygen atoms in total. The van der Waals surface area contributed by atoms with Gasteiger partial charge in [-0.15, -0.1) is 0 Å². The van der Waals surface area contributed by atoms with Gasteiger partial charge in [-0.25, -0.2) is 14.8 Å². The molecular formula is C23H25F3N4O6. The summed E-state index contributed by atoms with van der Waals surface area (Å²) in [5, 5.41) is 12.9. The van der Waals surface area contributed by atoms with E-state index in [0.29, 0.717) is 0 Å². The zero-order valence-electron chi connectivity index (χ0n) is 19.8. The predicted molar refractivity (Wildman–Crippen MR) is 121 cm³/mol. The van der Waals surface area contributed by atoms with Gasteiger partial charge < -0.3 is 30.0 Å². The highest BCUT2D eigenvalue weighted by atomic mass is 19.4. The maximum atomic E-state index is 13.2. The van der Waals surface area contributed by atoms with Gasteiger partial charge in [0.25, 0.3) is 5.91 Å². The molecule has 0 aliphatic carbocycles. The standard InChI is InChI=1S/C23H25F3N4O6/c1-5-13(18(31)22(33)35-4)28-20(32)17-19(10(2)27)36-21(30-17)12-6-8-14(34-3)16-11(12)7-9-15(29-16)23(24,25)26/h6-10,13,18,31H,5,27H2,1-4H3,(H,28,32)/t10-,13?,18?/m0/s1. The number of oxazole rings is 1. The summed E-state index contributed by atoms with van der Waals surface area (Å²) in [6.45, 7) is 3.19. The van der Waals surface area contributed by atoms with Crippen LogP contribution in [0.25, 0.3) is 22.4 Å². The summed E-state index contributed by atoms with van der Waals surface area (Å²) in [7, 11) is 2.40. The zero-order valence-corrected chi connectivity index (χ0v) is 19.8. The number of amides is 1. The summed E-state index contributed by atoms with van der Waals surface area (Å²) < 4.78 is 55.1. The van der Waals surface area contributed by atoms with Crippen LogP contribution in [0.4, 0.5) is 13.2 Å². The Bertz CT molecular complexity index is 1270. The van der Waals surface area contributed by atoms with Crippen LogP contribution in [0.1, 0.15) is 48.3 Å². The van der Waals surface area contributed by atoms with Crippen molar-refractivity contribution in [2.75, 3.05) is 14.2 Å². The van der Waals surface area contributed by atoms with Crippen molar-refractivity contribution in [3.05, 3.63) is 41.4 Å². The minimum absolute atomic E-state index is 0.00579. The lowest BCUT2D eigenvalue weighted by molar-refractivity contribution is -0.151. The number of nitrogens with two attached hydrogens (primary N) is 1. The largest absolute Gasteiger partial charge is 0.494 e. The van der Waals surface area contributed by atoms with E-state index in [-0.39, 0.29) is 46.0 Å². The van der Waals surface area contributed by atoms with E-state index in [2.05, 4.69) is 20.0 Å². The second-order valence-electron chi connectivity index (χ2n) is 7.88. The molecule has 2 unspecified atom stereocenters. The van der Waals surface area contributed by atoms with Crippen LogP contribution in [0.5, 0.6) is 5.75 Å². The highest BCUT2D eigenvalue weighted by molar-refractivity contribution is 5.98. The SMILES string of the molecule is CCC(NC(=O)c1nc(-c2ccc(OC)c3nc(C(F)(F)F)ccc23)oc1[C@H](C)N)C(O)C(=O)OC. The fourth-order valence-corrected chi connectivity index (χ4v) is 3.55. The average Bonchev–Trinajstić information content (AvgIpc) is 3.30. The molecule has 3 rings (SSSR count). The lowest BCUT2D eigenvalue weighted by Crippen LogP contribution is -2.47. The predicted octanol–water partition coefficient (Wildman–Crippen LogP) is 2.98. The van der Waals surface area contributed by atoms with Gasteiger partial charge in [-0.1, -0.05) is 6.92 Å². The fraction of sp³-hybridized carbons (Fsp3) is 0.391. The van der Waals surface area contributed by atoms with Gasteiger partial charge in [0.2, 0.25) is 5.89 Å². The number of carbonyl (C=O) groups is 2. The van der Waals surface area contributed by atoms with Crippen molar-refractivity contribution in [3.8, 4) is 17.2 Å². The molecule has 13 heteroatoms. The molecule has 0 aliphatic rings. The molecule has 4 N–H and O–H groups in total. The number of aliphatic hydroxyl groups is 1. The minimum atomic E-state index is -4.67. The molecule has 1 aromatic carbocycles. The number of hydrogen-bond acceptors (Lipinski definition) is 9.